The lowest BCUT2D eigenvalue weighted by Crippen LogP contribution is -2.46. The van der Waals surface area contributed by atoms with Crippen molar-refractivity contribution >= 4 is 28.7 Å². The number of hydrogen-bond acceptors (Lipinski definition) is 6. The van der Waals surface area contributed by atoms with Crippen LogP contribution in [0.15, 0.2) is 40.6 Å². The first-order valence-corrected chi connectivity index (χ1v) is 13.7. The number of carbonyl (C=O) groups excluding carboxylic acids is 1. The number of nitrogens with zero attached hydrogens (tertiary/aromatic N) is 5. The van der Waals surface area contributed by atoms with Gasteiger partial charge in [-0.05, 0) is 63.0 Å². The van der Waals surface area contributed by atoms with Crippen molar-refractivity contribution in [2.45, 2.75) is 76.0 Å². The molecule has 1 N–H and O–H groups in total. The Morgan fingerprint density at radius 1 is 1.14 bits per heavy atom. The smallest absolute Gasteiger partial charge is 0.333 e. The average Bonchev–Trinajstić information content (AvgIpc) is 3.42. The van der Waals surface area contributed by atoms with Gasteiger partial charge in [-0.2, -0.15) is 11.8 Å². The third kappa shape index (κ3) is 4.98. The Labute approximate surface area is 212 Å². The number of carbonyl (C=O) groups is 1. The van der Waals surface area contributed by atoms with Gasteiger partial charge in [-0.15, -0.1) is 0 Å². The number of thioether (sulfide) groups is 1. The molecule has 1 saturated carbocycles. The van der Waals surface area contributed by atoms with Gasteiger partial charge in [0.05, 0.1) is 17.9 Å². The monoisotopic (exact) mass is 514 g/mol. The lowest BCUT2D eigenvalue weighted by Gasteiger charge is -2.32. The highest BCUT2D eigenvalue weighted by atomic mass is 32.2. The van der Waals surface area contributed by atoms with Crippen LogP contribution in [-0.2, 0) is 4.79 Å². The molecule has 11 heteroatoms. The van der Waals surface area contributed by atoms with Crippen molar-refractivity contribution in [3.63, 3.8) is 0 Å². The summed E-state index contributed by atoms with van der Waals surface area (Å²) in [7, 11) is 0. The Balaban J connectivity index is 1.34. The summed E-state index contributed by atoms with van der Waals surface area (Å²) in [5.41, 5.74) is -0.567. The third-order valence-electron chi connectivity index (χ3n) is 7.42. The first-order valence-electron chi connectivity index (χ1n) is 12.6. The second-order valence-electron chi connectivity index (χ2n) is 9.83. The minimum absolute atomic E-state index is 0.00315. The molecule has 1 aliphatic heterocycles. The highest BCUT2D eigenvalue weighted by molar-refractivity contribution is 7.99. The van der Waals surface area contributed by atoms with Crippen LogP contribution in [0.2, 0.25) is 0 Å². The fourth-order valence-corrected chi connectivity index (χ4v) is 6.55. The van der Waals surface area contributed by atoms with E-state index in [1.54, 1.807) is 17.1 Å². The maximum atomic E-state index is 14.1. The summed E-state index contributed by atoms with van der Waals surface area (Å²) < 4.78 is 18.9. The SMILES string of the molecule is CC(CC(=O)NC1CCC(n2c(=O)c3cc(F)cnc3n(C3CCSCC3)c2=O)CC1)n1ccnc1. The zero-order chi connectivity index (χ0) is 25.2. The van der Waals surface area contributed by atoms with Crippen molar-refractivity contribution in [3.05, 3.63) is 57.6 Å². The summed E-state index contributed by atoms with van der Waals surface area (Å²) >= 11 is 1.85. The molecule has 0 aromatic carbocycles. The first-order chi connectivity index (χ1) is 17.4. The molecule has 0 spiro atoms. The van der Waals surface area contributed by atoms with Crippen LogP contribution < -0.4 is 16.6 Å². The number of halogens is 1. The fraction of sp³-hybridized carbons (Fsp3) is 0.560. The van der Waals surface area contributed by atoms with Crippen LogP contribution in [0.5, 0.6) is 0 Å². The first kappa shape index (κ1) is 24.7. The number of aromatic nitrogens is 5. The summed E-state index contributed by atoms with van der Waals surface area (Å²) in [4.78, 5) is 47.8. The molecule has 1 aliphatic carbocycles. The minimum Gasteiger partial charge on any atom is -0.353 e. The van der Waals surface area contributed by atoms with E-state index in [0.29, 0.717) is 32.1 Å². The van der Waals surface area contributed by atoms with Crippen LogP contribution >= 0.6 is 11.8 Å². The number of rotatable bonds is 6. The Morgan fingerprint density at radius 2 is 1.86 bits per heavy atom. The van der Waals surface area contributed by atoms with Crippen molar-refractivity contribution in [3.8, 4) is 0 Å². The predicted molar refractivity (Wildman–Crippen MR) is 137 cm³/mol. The van der Waals surface area contributed by atoms with Gasteiger partial charge < -0.3 is 9.88 Å². The fourth-order valence-electron chi connectivity index (χ4n) is 5.47. The Morgan fingerprint density at radius 3 is 2.56 bits per heavy atom. The Bertz CT molecular complexity index is 1340. The summed E-state index contributed by atoms with van der Waals surface area (Å²) in [6.07, 6.45) is 10.8. The molecular formula is C25H31FN6O3S. The number of nitrogens with one attached hydrogen (secondary N) is 1. The van der Waals surface area contributed by atoms with Crippen molar-refractivity contribution in [2.24, 2.45) is 0 Å². The zero-order valence-corrected chi connectivity index (χ0v) is 21.1. The number of amides is 1. The minimum atomic E-state index is -0.591. The van der Waals surface area contributed by atoms with Crippen molar-refractivity contribution in [1.82, 2.24) is 29.0 Å². The van der Waals surface area contributed by atoms with Gasteiger partial charge in [0, 0.05) is 43.0 Å². The highest BCUT2D eigenvalue weighted by Gasteiger charge is 2.29. The lowest BCUT2D eigenvalue weighted by atomic mass is 9.90. The van der Waals surface area contributed by atoms with E-state index in [0.717, 1.165) is 30.5 Å². The van der Waals surface area contributed by atoms with Crippen LogP contribution in [0.4, 0.5) is 4.39 Å². The zero-order valence-electron chi connectivity index (χ0n) is 20.3. The summed E-state index contributed by atoms with van der Waals surface area (Å²) in [6.45, 7) is 1.97. The van der Waals surface area contributed by atoms with Gasteiger partial charge in [0.15, 0.2) is 0 Å². The summed E-state index contributed by atoms with van der Waals surface area (Å²) in [5, 5.41) is 3.26. The quantitative estimate of drug-likeness (QED) is 0.542. The average molecular weight is 515 g/mol. The van der Waals surface area contributed by atoms with Gasteiger partial charge in [0.25, 0.3) is 5.56 Å². The molecule has 192 valence electrons. The van der Waals surface area contributed by atoms with Gasteiger partial charge in [0.2, 0.25) is 5.91 Å². The molecule has 4 heterocycles. The van der Waals surface area contributed by atoms with Crippen LogP contribution in [0.3, 0.4) is 0 Å². The van der Waals surface area contributed by atoms with Crippen LogP contribution in [-0.4, -0.2) is 47.1 Å². The molecule has 9 nitrogen and oxygen atoms in total. The van der Waals surface area contributed by atoms with Crippen LogP contribution in [0.1, 0.15) is 70.0 Å². The van der Waals surface area contributed by atoms with E-state index in [9.17, 15) is 18.8 Å². The van der Waals surface area contributed by atoms with E-state index in [2.05, 4.69) is 15.3 Å². The van der Waals surface area contributed by atoms with Crippen LogP contribution in [0.25, 0.3) is 11.0 Å². The predicted octanol–water partition coefficient (Wildman–Crippen LogP) is 3.21. The van der Waals surface area contributed by atoms with E-state index in [4.69, 9.17) is 0 Å². The van der Waals surface area contributed by atoms with E-state index >= 15 is 0 Å². The Kier molecular flexibility index (Phi) is 7.27. The second kappa shape index (κ2) is 10.6. The molecular weight excluding hydrogens is 483 g/mol. The molecule has 1 saturated heterocycles. The summed E-state index contributed by atoms with van der Waals surface area (Å²) in [5.74, 6) is 1.25. The topological polar surface area (TPSA) is 104 Å². The van der Waals surface area contributed by atoms with Gasteiger partial charge >= 0.3 is 5.69 Å². The Hall–Kier alpha value is -2.95. The van der Waals surface area contributed by atoms with Gasteiger partial charge in [-0.3, -0.25) is 18.7 Å². The van der Waals surface area contributed by atoms with Crippen LogP contribution in [0, 0.1) is 5.82 Å². The number of hydrogen-bond donors (Lipinski definition) is 1. The van der Waals surface area contributed by atoms with Gasteiger partial charge in [0.1, 0.15) is 11.5 Å². The largest absolute Gasteiger partial charge is 0.353 e. The van der Waals surface area contributed by atoms with Crippen molar-refractivity contribution in [2.75, 3.05) is 11.5 Å². The molecule has 3 aromatic heterocycles. The van der Waals surface area contributed by atoms with Crippen molar-refractivity contribution in [1.29, 1.82) is 0 Å². The van der Waals surface area contributed by atoms with Crippen molar-refractivity contribution < 1.29 is 9.18 Å². The standard InChI is InChI=1S/C25H31FN6O3S/c1-16(30-9-8-27-15-30)12-22(33)29-18-2-4-19(5-3-18)32-24(34)21-13-17(26)14-28-23(21)31(25(32)35)20-6-10-36-11-7-20/h8-9,13-16,18-20H,2-7,10-12H2,1H3,(H,29,33). The van der Waals surface area contributed by atoms with E-state index < -0.39 is 11.4 Å². The highest BCUT2D eigenvalue weighted by Crippen LogP contribution is 2.30. The molecule has 3 aromatic rings. The normalized spacial score (nSPS) is 21.9. The molecule has 1 amide bonds. The lowest BCUT2D eigenvalue weighted by molar-refractivity contribution is -0.122. The molecule has 1 unspecified atom stereocenters. The van der Waals surface area contributed by atoms with Gasteiger partial charge in [-0.25, -0.2) is 19.2 Å². The molecule has 2 aliphatic rings. The number of fused-ring (bicyclic) bond motifs is 1. The number of imidazole rings is 1. The molecule has 36 heavy (non-hydrogen) atoms. The molecule has 0 bridgehead atoms. The summed E-state index contributed by atoms with van der Waals surface area (Å²) in [6, 6.07) is 0.850. The molecule has 0 radical (unpaired) electrons. The molecule has 5 rings (SSSR count). The third-order valence-corrected chi connectivity index (χ3v) is 8.47. The number of pyridine rings is 1. The second-order valence-corrected chi connectivity index (χ2v) is 11.1. The molecule has 2 fully saturated rings. The maximum Gasteiger partial charge on any atom is 0.333 e. The maximum absolute atomic E-state index is 14.1. The van der Waals surface area contributed by atoms with E-state index in [1.807, 2.05) is 29.4 Å². The van der Waals surface area contributed by atoms with E-state index in [1.165, 1.54) is 10.6 Å². The van der Waals surface area contributed by atoms with E-state index in [-0.39, 0.29) is 46.8 Å². The molecule has 1 atom stereocenters. The van der Waals surface area contributed by atoms with Gasteiger partial charge in [-0.1, -0.05) is 0 Å².